The number of hydrogen-bond donors (Lipinski definition) is 2. The van der Waals surface area contributed by atoms with Gasteiger partial charge in [-0.15, -0.1) is 0 Å². The molecule has 1 aromatic carbocycles. The van der Waals surface area contributed by atoms with Gasteiger partial charge >= 0.3 is 0 Å². The van der Waals surface area contributed by atoms with Crippen molar-refractivity contribution in [1.82, 2.24) is 0 Å². The van der Waals surface area contributed by atoms with Gasteiger partial charge in [0.05, 0.1) is 52.5 Å². The second-order valence-corrected chi connectivity index (χ2v) is 8.12. The van der Waals surface area contributed by atoms with Gasteiger partial charge in [-0.1, -0.05) is 17.7 Å². The van der Waals surface area contributed by atoms with Gasteiger partial charge in [0, 0.05) is 5.75 Å². The molecular formula is C16H30NO5S2+. The number of nitrogens with zero attached hydrogens (tertiary/aromatic N) is 1. The van der Waals surface area contributed by atoms with Crippen LogP contribution >= 0.6 is 12.6 Å². The molecule has 0 aliphatic carbocycles. The summed E-state index contributed by atoms with van der Waals surface area (Å²) < 4.78 is 41.1. The smallest absolute Gasteiger partial charge is 0.294 e. The minimum absolute atomic E-state index is 0.0666. The number of hydrogen-bond acceptors (Lipinski definition) is 5. The maximum absolute atomic E-state index is 10.5. The fraction of sp³-hybridized carbons (Fsp3) is 0.625. The van der Waals surface area contributed by atoms with Crippen molar-refractivity contribution in [3.63, 3.8) is 0 Å². The number of rotatable bonds is 9. The summed E-state index contributed by atoms with van der Waals surface area (Å²) in [5.41, 5.74) is 0.956. The summed E-state index contributed by atoms with van der Waals surface area (Å²) >= 11 is 4.03. The van der Waals surface area contributed by atoms with Crippen LogP contribution < -0.4 is 0 Å². The maximum atomic E-state index is 10.5. The SMILES string of the molecule is C[N+](C)(C)CCOCCOCCS.Cc1ccc(S(=O)(=O)O)cc1. The first kappa shape index (κ1) is 23.4. The summed E-state index contributed by atoms with van der Waals surface area (Å²) in [6.07, 6.45) is 0. The first-order chi connectivity index (χ1) is 11.1. The molecule has 24 heavy (non-hydrogen) atoms. The van der Waals surface area contributed by atoms with E-state index in [9.17, 15) is 8.42 Å². The molecule has 8 heteroatoms. The Morgan fingerprint density at radius 2 is 1.50 bits per heavy atom. The van der Waals surface area contributed by atoms with Gasteiger partial charge in [0.2, 0.25) is 0 Å². The van der Waals surface area contributed by atoms with Gasteiger partial charge in [-0.25, -0.2) is 0 Å². The van der Waals surface area contributed by atoms with Crippen LogP contribution in [0.1, 0.15) is 5.56 Å². The summed E-state index contributed by atoms with van der Waals surface area (Å²) in [7, 11) is 2.44. The molecule has 0 unspecified atom stereocenters. The van der Waals surface area contributed by atoms with Gasteiger partial charge in [0.25, 0.3) is 10.1 Å². The molecule has 140 valence electrons. The summed E-state index contributed by atoms with van der Waals surface area (Å²) in [6.45, 7) is 5.75. The molecule has 0 saturated carbocycles. The van der Waals surface area contributed by atoms with Crippen LogP contribution in [0.15, 0.2) is 29.2 Å². The lowest BCUT2D eigenvalue weighted by molar-refractivity contribution is -0.870. The summed E-state index contributed by atoms with van der Waals surface area (Å²) in [5.74, 6) is 0.777. The topological polar surface area (TPSA) is 72.8 Å². The molecule has 0 aromatic heterocycles. The standard InChI is InChI=1S/C9H21NO2S.C7H8O3S/c1-10(2,3)4-5-11-6-7-12-8-9-13;1-6-2-4-7(5-3-6)11(8,9)10/h4-9H2,1-3H3;2-5H,1H3,(H,8,9,10)/p+1. The lowest BCUT2D eigenvalue weighted by Crippen LogP contribution is -2.37. The molecule has 0 bridgehead atoms. The summed E-state index contributed by atoms with van der Waals surface area (Å²) in [4.78, 5) is -0.0666. The van der Waals surface area contributed by atoms with Gasteiger partial charge < -0.3 is 14.0 Å². The zero-order valence-corrected chi connectivity index (χ0v) is 16.6. The van der Waals surface area contributed by atoms with Crippen LogP contribution in [0.2, 0.25) is 0 Å². The predicted molar refractivity (Wildman–Crippen MR) is 99.4 cm³/mol. The molecule has 0 amide bonds. The highest BCUT2D eigenvalue weighted by molar-refractivity contribution is 7.85. The minimum Gasteiger partial charge on any atom is -0.378 e. The van der Waals surface area contributed by atoms with Gasteiger partial charge in [0.15, 0.2) is 0 Å². The molecule has 0 fully saturated rings. The Balaban J connectivity index is 0.000000446. The highest BCUT2D eigenvalue weighted by Crippen LogP contribution is 2.08. The van der Waals surface area contributed by atoms with Crippen LogP contribution in [-0.4, -0.2) is 77.3 Å². The van der Waals surface area contributed by atoms with Gasteiger partial charge in [-0.3, -0.25) is 4.55 Å². The maximum Gasteiger partial charge on any atom is 0.294 e. The molecule has 0 radical (unpaired) electrons. The molecular weight excluding hydrogens is 350 g/mol. The van der Waals surface area contributed by atoms with Crippen LogP contribution in [-0.2, 0) is 19.6 Å². The van der Waals surface area contributed by atoms with Crippen LogP contribution in [0.3, 0.4) is 0 Å². The molecule has 0 saturated heterocycles. The number of ether oxygens (including phenoxy) is 2. The zero-order chi connectivity index (χ0) is 18.6. The molecule has 0 heterocycles. The normalized spacial score (nSPS) is 11.8. The van der Waals surface area contributed by atoms with E-state index in [1.165, 1.54) is 12.1 Å². The highest BCUT2D eigenvalue weighted by atomic mass is 32.2. The van der Waals surface area contributed by atoms with Crippen molar-refractivity contribution in [3.8, 4) is 0 Å². The quantitative estimate of drug-likeness (QED) is 0.296. The van der Waals surface area contributed by atoms with E-state index >= 15 is 0 Å². The monoisotopic (exact) mass is 380 g/mol. The second kappa shape index (κ2) is 11.8. The van der Waals surface area contributed by atoms with Gasteiger partial charge in [0.1, 0.15) is 6.54 Å². The van der Waals surface area contributed by atoms with Crippen molar-refractivity contribution in [1.29, 1.82) is 0 Å². The van der Waals surface area contributed by atoms with E-state index in [-0.39, 0.29) is 4.90 Å². The molecule has 0 aliphatic heterocycles. The third-order valence-electron chi connectivity index (χ3n) is 2.83. The van der Waals surface area contributed by atoms with Crippen molar-refractivity contribution in [2.75, 3.05) is 59.9 Å². The molecule has 1 aromatic rings. The lowest BCUT2D eigenvalue weighted by Gasteiger charge is -2.23. The Morgan fingerprint density at radius 3 is 1.92 bits per heavy atom. The zero-order valence-electron chi connectivity index (χ0n) is 14.9. The van der Waals surface area contributed by atoms with Crippen molar-refractivity contribution in [2.45, 2.75) is 11.8 Å². The molecule has 0 aliphatic rings. The number of thiol groups is 1. The van der Waals surface area contributed by atoms with Crippen LogP contribution in [0.4, 0.5) is 0 Å². The summed E-state index contributed by atoms with van der Waals surface area (Å²) in [5, 5.41) is 0. The molecule has 6 nitrogen and oxygen atoms in total. The van der Waals surface area contributed by atoms with Crippen LogP contribution in [0.25, 0.3) is 0 Å². The minimum atomic E-state index is -4.02. The number of likely N-dealkylation sites (N-methyl/N-ethyl adjacent to an activating group) is 1. The average Bonchev–Trinajstić information content (AvgIpc) is 2.45. The fourth-order valence-electron chi connectivity index (χ4n) is 1.44. The van der Waals surface area contributed by atoms with E-state index in [1.807, 2.05) is 6.92 Å². The number of aryl methyl sites for hydroxylation is 1. The third-order valence-corrected chi connectivity index (χ3v) is 3.88. The highest BCUT2D eigenvalue weighted by Gasteiger charge is 2.07. The Morgan fingerprint density at radius 1 is 1.00 bits per heavy atom. The Bertz CT molecular complexity index is 539. The van der Waals surface area contributed by atoms with Crippen molar-refractivity contribution < 1.29 is 26.9 Å². The van der Waals surface area contributed by atoms with E-state index < -0.39 is 10.1 Å². The van der Waals surface area contributed by atoms with Crippen molar-refractivity contribution >= 4 is 22.7 Å². The van der Waals surface area contributed by atoms with E-state index in [0.717, 1.165) is 29.0 Å². The molecule has 0 atom stereocenters. The average molecular weight is 381 g/mol. The molecule has 1 N–H and O–H groups in total. The van der Waals surface area contributed by atoms with Crippen LogP contribution in [0, 0.1) is 6.92 Å². The van der Waals surface area contributed by atoms with Crippen molar-refractivity contribution in [2.24, 2.45) is 0 Å². The Labute approximate surface area is 151 Å². The van der Waals surface area contributed by atoms with Crippen molar-refractivity contribution in [3.05, 3.63) is 29.8 Å². The second-order valence-electron chi connectivity index (χ2n) is 6.25. The van der Waals surface area contributed by atoms with Gasteiger partial charge in [-0.05, 0) is 19.1 Å². The van der Waals surface area contributed by atoms with E-state index in [1.54, 1.807) is 12.1 Å². The molecule has 1 rings (SSSR count). The van der Waals surface area contributed by atoms with E-state index in [0.29, 0.717) is 19.8 Å². The Hall–Kier alpha value is -0.640. The first-order valence-electron chi connectivity index (χ1n) is 7.67. The van der Waals surface area contributed by atoms with Crippen LogP contribution in [0.5, 0.6) is 0 Å². The number of benzene rings is 1. The Kier molecular flexibility index (Phi) is 11.5. The third kappa shape index (κ3) is 13.8. The van der Waals surface area contributed by atoms with E-state index in [4.69, 9.17) is 14.0 Å². The number of quaternary nitrogens is 1. The van der Waals surface area contributed by atoms with Gasteiger partial charge in [-0.2, -0.15) is 21.0 Å². The molecule has 0 spiro atoms. The largest absolute Gasteiger partial charge is 0.378 e. The first-order valence-corrected chi connectivity index (χ1v) is 9.74. The lowest BCUT2D eigenvalue weighted by atomic mass is 10.2. The van der Waals surface area contributed by atoms with E-state index in [2.05, 4.69) is 33.8 Å². The summed E-state index contributed by atoms with van der Waals surface area (Å²) in [6, 6.07) is 5.99. The predicted octanol–water partition coefficient (Wildman–Crippen LogP) is 1.90. The fourth-order valence-corrected chi connectivity index (χ4v) is 2.04.